The molecule has 0 radical (unpaired) electrons. The molecular weight excluding hydrogens is 334 g/mol. The first kappa shape index (κ1) is 15.7. The fourth-order valence-corrected chi connectivity index (χ4v) is 3.49. The van der Waals surface area contributed by atoms with Gasteiger partial charge >= 0.3 is 0 Å². The van der Waals surface area contributed by atoms with Gasteiger partial charge in [0.2, 0.25) is 5.28 Å². The molecule has 0 aliphatic heterocycles. The van der Waals surface area contributed by atoms with Crippen LogP contribution in [0.4, 0.5) is 5.82 Å². The molecule has 0 unspecified atom stereocenters. The van der Waals surface area contributed by atoms with Gasteiger partial charge in [0.15, 0.2) is 9.84 Å². The number of hydrogen-bond acceptors (Lipinski definition) is 5. The molecule has 1 aromatic heterocycles. The Balaban J connectivity index is 1.97. The number of hydrogen-bond donors (Lipinski definition) is 1. The molecule has 3 rings (SSSR count). The quantitative estimate of drug-likeness (QED) is 0.733. The van der Waals surface area contributed by atoms with E-state index in [1.165, 1.54) is 6.26 Å². The molecular formula is C16H14ClN3O2S. The average Bonchev–Trinajstić information content (AvgIpc) is 2.52. The molecule has 0 atom stereocenters. The highest BCUT2D eigenvalue weighted by atomic mass is 35.5. The number of rotatable bonds is 4. The Morgan fingerprint density at radius 3 is 2.52 bits per heavy atom. The zero-order valence-electron chi connectivity index (χ0n) is 12.3. The first-order valence-electron chi connectivity index (χ1n) is 6.89. The van der Waals surface area contributed by atoms with Gasteiger partial charge < -0.3 is 5.32 Å². The van der Waals surface area contributed by atoms with Crippen molar-refractivity contribution in [3.63, 3.8) is 0 Å². The number of sulfone groups is 1. The number of nitrogens with zero attached hydrogens (tertiary/aromatic N) is 2. The van der Waals surface area contributed by atoms with Gasteiger partial charge in [0, 0.05) is 18.2 Å². The summed E-state index contributed by atoms with van der Waals surface area (Å²) in [7, 11) is -3.29. The molecule has 5 nitrogen and oxygen atoms in total. The van der Waals surface area contributed by atoms with E-state index in [1.807, 2.05) is 24.3 Å². The van der Waals surface area contributed by atoms with E-state index in [4.69, 9.17) is 11.6 Å². The van der Waals surface area contributed by atoms with E-state index in [0.717, 1.165) is 10.9 Å². The maximum Gasteiger partial charge on any atom is 0.224 e. The monoisotopic (exact) mass is 347 g/mol. The molecule has 2 aromatic carbocycles. The Morgan fingerprint density at radius 2 is 1.74 bits per heavy atom. The predicted octanol–water partition coefficient (Wildman–Crippen LogP) is 3.30. The summed E-state index contributed by atoms with van der Waals surface area (Å²) in [6, 6.07) is 14.4. The molecule has 0 saturated carbocycles. The molecule has 0 saturated heterocycles. The minimum Gasteiger partial charge on any atom is -0.365 e. The third kappa shape index (κ3) is 3.43. The van der Waals surface area contributed by atoms with Gasteiger partial charge in [0.05, 0.1) is 10.4 Å². The Morgan fingerprint density at radius 1 is 1.04 bits per heavy atom. The largest absolute Gasteiger partial charge is 0.365 e. The van der Waals surface area contributed by atoms with Crippen molar-refractivity contribution in [1.29, 1.82) is 0 Å². The summed E-state index contributed by atoms with van der Waals surface area (Å²) in [6.07, 6.45) is 1.20. The Hall–Kier alpha value is -2.18. The second kappa shape index (κ2) is 6.14. The minimum atomic E-state index is -3.29. The molecule has 1 heterocycles. The normalized spacial score (nSPS) is 11.6. The van der Waals surface area contributed by atoms with E-state index in [1.54, 1.807) is 24.3 Å². The molecule has 0 fully saturated rings. The molecule has 7 heteroatoms. The third-order valence-electron chi connectivity index (χ3n) is 3.39. The number of halogens is 1. The van der Waals surface area contributed by atoms with E-state index in [0.29, 0.717) is 22.8 Å². The number of fused-ring (bicyclic) bond motifs is 1. The van der Waals surface area contributed by atoms with Gasteiger partial charge in [0.1, 0.15) is 5.82 Å². The van der Waals surface area contributed by atoms with Crippen LogP contribution in [-0.4, -0.2) is 24.6 Å². The standard InChI is InChI=1S/C16H14ClN3O2S/c1-23(21,22)14-9-5-2-6-11(14)10-18-15-12-7-3-4-8-13(12)19-16(17)20-15/h2-9H,10H2,1H3,(H,18,19,20). The predicted molar refractivity (Wildman–Crippen MR) is 91.4 cm³/mol. The lowest BCUT2D eigenvalue weighted by Crippen LogP contribution is -2.08. The van der Waals surface area contributed by atoms with E-state index >= 15 is 0 Å². The van der Waals surface area contributed by atoms with Crippen LogP contribution in [0.15, 0.2) is 53.4 Å². The highest BCUT2D eigenvalue weighted by Crippen LogP contribution is 2.23. The molecule has 1 N–H and O–H groups in total. The lowest BCUT2D eigenvalue weighted by molar-refractivity contribution is 0.601. The van der Waals surface area contributed by atoms with Crippen LogP contribution in [-0.2, 0) is 16.4 Å². The number of benzene rings is 2. The zero-order chi connectivity index (χ0) is 16.4. The number of anilines is 1. The molecule has 0 aliphatic carbocycles. The smallest absolute Gasteiger partial charge is 0.224 e. The molecule has 0 aliphatic rings. The van der Waals surface area contributed by atoms with E-state index in [-0.39, 0.29) is 5.28 Å². The number of para-hydroxylation sites is 1. The Kier molecular flexibility index (Phi) is 4.19. The lowest BCUT2D eigenvalue weighted by Gasteiger charge is -2.11. The zero-order valence-corrected chi connectivity index (χ0v) is 13.9. The summed E-state index contributed by atoms with van der Waals surface area (Å²) in [6.45, 7) is 0.320. The lowest BCUT2D eigenvalue weighted by atomic mass is 10.2. The van der Waals surface area contributed by atoms with Crippen molar-refractivity contribution in [3.8, 4) is 0 Å². The number of nitrogens with one attached hydrogen (secondary N) is 1. The maximum absolute atomic E-state index is 11.9. The van der Waals surface area contributed by atoms with Gasteiger partial charge in [-0.15, -0.1) is 0 Å². The van der Waals surface area contributed by atoms with Crippen molar-refractivity contribution in [2.45, 2.75) is 11.4 Å². The summed E-state index contributed by atoms with van der Waals surface area (Å²) >= 11 is 5.95. The molecule has 0 spiro atoms. The summed E-state index contributed by atoms with van der Waals surface area (Å²) in [4.78, 5) is 8.67. The van der Waals surface area contributed by atoms with Crippen LogP contribution >= 0.6 is 11.6 Å². The van der Waals surface area contributed by atoms with E-state index in [2.05, 4.69) is 15.3 Å². The van der Waals surface area contributed by atoms with Gasteiger partial charge in [-0.3, -0.25) is 0 Å². The third-order valence-corrected chi connectivity index (χ3v) is 4.76. The van der Waals surface area contributed by atoms with E-state index < -0.39 is 9.84 Å². The van der Waals surface area contributed by atoms with Crippen LogP contribution in [0.25, 0.3) is 10.9 Å². The van der Waals surface area contributed by atoms with Crippen LogP contribution in [0.5, 0.6) is 0 Å². The summed E-state index contributed by atoms with van der Waals surface area (Å²) < 4.78 is 23.7. The van der Waals surface area contributed by atoms with Gasteiger partial charge in [-0.2, -0.15) is 0 Å². The second-order valence-corrected chi connectivity index (χ2v) is 7.41. The SMILES string of the molecule is CS(=O)(=O)c1ccccc1CNc1nc(Cl)nc2ccccc12. The van der Waals surface area contributed by atoms with Crippen LogP contribution in [0.3, 0.4) is 0 Å². The first-order chi connectivity index (χ1) is 10.9. The van der Waals surface area contributed by atoms with Crippen LogP contribution in [0.2, 0.25) is 5.28 Å². The summed E-state index contributed by atoms with van der Waals surface area (Å²) in [5.41, 5.74) is 1.40. The van der Waals surface area contributed by atoms with Gasteiger partial charge in [-0.05, 0) is 35.4 Å². The fraction of sp³-hybridized carbons (Fsp3) is 0.125. The summed E-state index contributed by atoms with van der Waals surface area (Å²) in [5, 5.41) is 4.13. The molecule has 0 bridgehead atoms. The van der Waals surface area contributed by atoms with Crippen molar-refractivity contribution < 1.29 is 8.42 Å². The topological polar surface area (TPSA) is 72.0 Å². The van der Waals surface area contributed by atoms with Crippen molar-refractivity contribution in [2.75, 3.05) is 11.6 Å². The van der Waals surface area contributed by atoms with Gasteiger partial charge in [0.25, 0.3) is 0 Å². The molecule has 118 valence electrons. The number of aromatic nitrogens is 2. The average molecular weight is 348 g/mol. The Bertz CT molecular complexity index is 974. The first-order valence-corrected chi connectivity index (χ1v) is 9.16. The summed E-state index contributed by atoms with van der Waals surface area (Å²) in [5.74, 6) is 0.573. The maximum atomic E-state index is 11.9. The minimum absolute atomic E-state index is 0.141. The van der Waals surface area contributed by atoms with Crippen molar-refractivity contribution in [2.24, 2.45) is 0 Å². The highest BCUT2D eigenvalue weighted by molar-refractivity contribution is 7.90. The molecule has 23 heavy (non-hydrogen) atoms. The van der Waals surface area contributed by atoms with Crippen molar-refractivity contribution in [3.05, 3.63) is 59.4 Å². The van der Waals surface area contributed by atoms with Crippen LogP contribution in [0.1, 0.15) is 5.56 Å². The molecule has 3 aromatic rings. The van der Waals surface area contributed by atoms with Gasteiger partial charge in [-0.1, -0.05) is 30.3 Å². The Labute approximate surface area is 139 Å². The highest BCUT2D eigenvalue weighted by Gasteiger charge is 2.13. The second-order valence-electron chi connectivity index (χ2n) is 5.09. The fourth-order valence-electron chi connectivity index (χ4n) is 2.37. The van der Waals surface area contributed by atoms with Crippen molar-refractivity contribution in [1.82, 2.24) is 9.97 Å². The van der Waals surface area contributed by atoms with Crippen LogP contribution < -0.4 is 5.32 Å². The van der Waals surface area contributed by atoms with Crippen LogP contribution in [0, 0.1) is 0 Å². The van der Waals surface area contributed by atoms with E-state index in [9.17, 15) is 8.42 Å². The molecule has 0 amide bonds. The van der Waals surface area contributed by atoms with Crippen molar-refractivity contribution >= 4 is 38.2 Å². The van der Waals surface area contributed by atoms with Gasteiger partial charge in [-0.25, -0.2) is 18.4 Å².